The molecule has 0 saturated carbocycles. The van der Waals surface area contributed by atoms with E-state index in [1.54, 1.807) is 18.4 Å². The van der Waals surface area contributed by atoms with E-state index in [-0.39, 0.29) is 5.82 Å². The first kappa shape index (κ1) is 20.5. The smallest absolute Gasteiger partial charge is 0.191 e. The normalized spacial score (nSPS) is 15.7. The van der Waals surface area contributed by atoms with Gasteiger partial charge in [-0.25, -0.2) is 9.37 Å². The van der Waals surface area contributed by atoms with Crippen molar-refractivity contribution in [2.45, 2.75) is 19.9 Å². The van der Waals surface area contributed by atoms with Crippen LogP contribution in [0.4, 0.5) is 10.1 Å². The quantitative estimate of drug-likeness (QED) is 0.548. The van der Waals surface area contributed by atoms with Crippen LogP contribution in [-0.2, 0) is 13.0 Å². The van der Waals surface area contributed by atoms with Gasteiger partial charge in [0.2, 0.25) is 0 Å². The number of thiazole rings is 1. The van der Waals surface area contributed by atoms with Gasteiger partial charge in [0, 0.05) is 63.1 Å². The molecule has 0 radical (unpaired) electrons. The molecule has 1 aliphatic rings. The second-order valence-corrected chi connectivity index (χ2v) is 7.93. The van der Waals surface area contributed by atoms with Gasteiger partial charge in [0.15, 0.2) is 5.96 Å². The van der Waals surface area contributed by atoms with E-state index in [0.29, 0.717) is 6.54 Å². The molecule has 1 saturated heterocycles. The molecule has 3 rings (SSSR count). The van der Waals surface area contributed by atoms with Crippen LogP contribution in [0.25, 0.3) is 0 Å². The van der Waals surface area contributed by atoms with Crippen molar-refractivity contribution < 1.29 is 4.39 Å². The van der Waals surface area contributed by atoms with Gasteiger partial charge in [0.05, 0.1) is 6.54 Å². The fraction of sp³-hybridized carbons (Fsp3) is 0.500. The van der Waals surface area contributed by atoms with Gasteiger partial charge >= 0.3 is 0 Å². The number of piperazine rings is 1. The lowest BCUT2D eigenvalue weighted by Crippen LogP contribution is -2.49. The van der Waals surface area contributed by atoms with Crippen LogP contribution in [0.3, 0.4) is 0 Å². The van der Waals surface area contributed by atoms with Crippen LogP contribution in [0.2, 0.25) is 0 Å². The standard InChI is InChI=1S/C20H29FN6S/c1-3-18-14-24-19(28-18)15-25-20(22-2)23-8-9-26-10-12-27(13-11-26)17-6-4-16(21)5-7-17/h4-7,14H,3,8-13,15H2,1-2H3,(H2,22,23,25). The van der Waals surface area contributed by atoms with Crippen LogP contribution >= 0.6 is 11.3 Å². The number of aliphatic imine (C=N–C) groups is 1. The minimum absolute atomic E-state index is 0.184. The van der Waals surface area contributed by atoms with E-state index >= 15 is 0 Å². The minimum atomic E-state index is -0.184. The fourth-order valence-electron chi connectivity index (χ4n) is 3.19. The summed E-state index contributed by atoms with van der Waals surface area (Å²) in [6.45, 7) is 8.58. The highest BCUT2D eigenvalue weighted by atomic mass is 32.1. The topological polar surface area (TPSA) is 55.8 Å². The molecule has 0 spiro atoms. The molecule has 28 heavy (non-hydrogen) atoms. The van der Waals surface area contributed by atoms with Crippen molar-refractivity contribution in [3.05, 3.63) is 46.2 Å². The first-order valence-corrected chi connectivity index (χ1v) is 10.6. The van der Waals surface area contributed by atoms with Gasteiger partial charge in [-0.05, 0) is 30.7 Å². The molecule has 2 N–H and O–H groups in total. The number of aryl methyl sites for hydroxylation is 1. The zero-order valence-electron chi connectivity index (χ0n) is 16.6. The number of guanidine groups is 1. The summed E-state index contributed by atoms with van der Waals surface area (Å²) >= 11 is 1.74. The van der Waals surface area contributed by atoms with Crippen molar-refractivity contribution >= 4 is 23.0 Å². The highest BCUT2D eigenvalue weighted by Crippen LogP contribution is 2.16. The maximum absolute atomic E-state index is 13.1. The van der Waals surface area contributed by atoms with Crippen LogP contribution in [0.1, 0.15) is 16.8 Å². The van der Waals surface area contributed by atoms with E-state index in [0.717, 1.165) is 62.3 Å². The second kappa shape index (κ2) is 10.4. The molecule has 0 aliphatic carbocycles. The van der Waals surface area contributed by atoms with E-state index in [1.807, 2.05) is 18.3 Å². The Bertz CT molecular complexity index is 752. The lowest BCUT2D eigenvalue weighted by atomic mass is 10.2. The van der Waals surface area contributed by atoms with Crippen molar-refractivity contribution in [3.63, 3.8) is 0 Å². The monoisotopic (exact) mass is 404 g/mol. The summed E-state index contributed by atoms with van der Waals surface area (Å²) in [5, 5.41) is 7.78. The maximum Gasteiger partial charge on any atom is 0.191 e. The van der Waals surface area contributed by atoms with Crippen molar-refractivity contribution in [1.29, 1.82) is 0 Å². The maximum atomic E-state index is 13.1. The van der Waals surface area contributed by atoms with Gasteiger partial charge in [-0.2, -0.15) is 0 Å². The second-order valence-electron chi connectivity index (χ2n) is 6.73. The number of hydrogen-bond acceptors (Lipinski definition) is 5. The molecule has 1 aliphatic heterocycles. The fourth-order valence-corrected chi connectivity index (χ4v) is 3.99. The molecular formula is C20H29FN6S. The molecule has 2 aromatic rings. The van der Waals surface area contributed by atoms with Gasteiger partial charge in [-0.1, -0.05) is 6.92 Å². The van der Waals surface area contributed by atoms with Crippen LogP contribution < -0.4 is 15.5 Å². The predicted molar refractivity (Wildman–Crippen MR) is 115 cm³/mol. The zero-order chi connectivity index (χ0) is 19.8. The Morgan fingerprint density at radius 3 is 2.57 bits per heavy atom. The van der Waals surface area contributed by atoms with Gasteiger partial charge in [-0.15, -0.1) is 11.3 Å². The number of halogens is 1. The molecule has 152 valence electrons. The third-order valence-corrected chi connectivity index (χ3v) is 6.01. The molecule has 1 aromatic heterocycles. The number of nitrogens with zero attached hydrogens (tertiary/aromatic N) is 4. The first-order valence-electron chi connectivity index (χ1n) is 9.79. The molecule has 6 nitrogen and oxygen atoms in total. The number of rotatable bonds is 7. The molecule has 0 bridgehead atoms. The van der Waals surface area contributed by atoms with Crippen LogP contribution in [0.5, 0.6) is 0 Å². The molecule has 0 unspecified atom stereocenters. The average Bonchev–Trinajstić information content (AvgIpc) is 3.20. The average molecular weight is 405 g/mol. The van der Waals surface area contributed by atoms with E-state index in [1.165, 1.54) is 17.0 Å². The number of aromatic nitrogens is 1. The summed E-state index contributed by atoms with van der Waals surface area (Å²) in [6, 6.07) is 6.76. The predicted octanol–water partition coefficient (Wildman–Crippen LogP) is 2.33. The first-order chi connectivity index (χ1) is 13.7. The number of hydrogen-bond donors (Lipinski definition) is 2. The molecule has 2 heterocycles. The summed E-state index contributed by atoms with van der Waals surface area (Å²) in [4.78, 5) is 14.8. The number of nitrogens with one attached hydrogen (secondary N) is 2. The van der Waals surface area contributed by atoms with Crippen LogP contribution in [0, 0.1) is 5.82 Å². The van der Waals surface area contributed by atoms with E-state index < -0.39 is 0 Å². The van der Waals surface area contributed by atoms with Crippen molar-refractivity contribution in [1.82, 2.24) is 20.5 Å². The van der Waals surface area contributed by atoms with E-state index in [4.69, 9.17) is 0 Å². The Kier molecular flexibility index (Phi) is 7.62. The van der Waals surface area contributed by atoms with E-state index in [2.05, 4.69) is 37.3 Å². The summed E-state index contributed by atoms with van der Waals surface area (Å²) in [5.41, 5.74) is 1.09. The Labute approximate surface area is 170 Å². The summed E-state index contributed by atoms with van der Waals surface area (Å²) in [5.74, 6) is 0.620. The SMILES string of the molecule is CCc1cnc(CNC(=NC)NCCN2CCN(c3ccc(F)cc3)CC2)s1. The van der Waals surface area contributed by atoms with Crippen LogP contribution in [0.15, 0.2) is 35.5 Å². The summed E-state index contributed by atoms with van der Waals surface area (Å²) in [7, 11) is 1.79. The molecule has 0 amide bonds. The van der Waals surface area contributed by atoms with E-state index in [9.17, 15) is 4.39 Å². The molecule has 1 fully saturated rings. The van der Waals surface area contributed by atoms with Crippen LogP contribution in [-0.4, -0.2) is 62.2 Å². The highest BCUT2D eigenvalue weighted by Gasteiger charge is 2.17. The zero-order valence-corrected chi connectivity index (χ0v) is 17.4. The third kappa shape index (κ3) is 5.90. The van der Waals surface area contributed by atoms with Gasteiger partial charge in [0.1, 0.15) is 10.8 Å². The number of benzene rings is 1. The Balaban J connectivity index is 1.34. The molecule has 8 heteroatoms. The lowest BCUT2D eigenvalue weighted by molar-refractivity contribution is 0.261. The molecule has 1 aromatic carbocycles. The summed E-state index contributed by atoms with van der Waals surface area (Å²) < 4.78 is 13.1. The number of anilines is 1. The lowest BCUT2D eigenvalue weighted by Gasteiger charge is -2.36. The van der Waals surface area contributed by atoms with Crippen molar-refractivity contribution in [2.24, 2.45) is 4.99 Å². The molecular weight excluding hydrogens is 375 g/mol. The minimum Gasteiger partial charge on any atom is -0.369 e. The highest BCUT2D eigenvalue weighted by molar-refractivity contribution is 7.11. The largest absolute Gasteiger partial charge is 0.369 e. The van der Waals surface area contributed by atoms with Gasteiger partial charge < -0.3 is 15.5 Å². The van der Waals surface area contributed by atoms with Gasteiger partial charge in [-0.3, -0.25) is 9.89 Å². The Morgan fingerprint density at radius 2 is 1.93 bits per heavy atom. The van der Waals surface area contributed by atoms with Crippen molar-refractivity contribution in [2.75, 3.05) is 51.2 Å². The molecule has 0 atom stereocenters. The summed E-state index contributed by atoms with van der Waals surface area (Å²) in [6.07, 6.45) is 2.97. The Hall–Kier alpha value is -2.19. The third-order valence-electron chi connectivity index (χ3n) is 4.87. The van der Waals surface area contributed by atoms with Gasteiger partial charge in [0.25, 0.3) is 0 Å². The Morgan fingerprint density at radius 1 is 1.18 bits per heavy atom. The van der Waals surface area contributed by atoms with Crippen molar-refractivity contribution in [3.8, 4) is 0 Å².